The van der Waals surface area contributed by atoms with Crippen molar-refractivity contribution in [3.8, 4) is 0 Å². The van der Waals surface area contributed by atoms with Gasteiger partial charge in [-0.05, 0) is 58.4 Å². The van der Waals surface area contributed by atoms with E-state index in [2.05, 4.69) is 0 Å². The van der Waals surface area contributed by atoms with E-state index in [9.17, 15) is 19.5 Å². The highest BCUT2D eigenvalue weighted by Crippen LogP contribution is 2.44. The van der Waals surface area contributed by atoms with Gasteiger partial charge < -0.3 is 62.0 Å². The lowest BCUT2D eigenvalue weighted by Crippen LogP contribution is -2.47. The molecule has 0 aliphatic rings. The molecule has 0 aromatic heterocycles. The summed E-state index contributed by atoms with van der Waals surface area (Å²) in [6, 6.07) is 9.33. The number of halogens is 1. The van der Waals surface area contributed by atoms with Crippen molar-refractivity contribution in [2.75, 3.05) is 133 Å². The summed E-state index contributed by atoms with van der Waals surface area (Å²) in [5, 5.41) is 12.6. The number of alkyl halides is 1. The highest BCUT2D eigenvalue weighted by Gasteiger charge is 2.44. The second kappa shape index (κ2) is 31.5. The van der Waals surface area contributed by atoms with Gasteiger partial charge in [-0.15, -0.1) is 11.6 Å². The van der Waals surface area contributed by atoms with Gasteiger partial charge in [0, 0.05) is 18.5 Å². The maximum atomic E-state index is 13.0. The molecule has 0 aliphatic heterocycles. The second-order valence-electron chi connectivity index (χ2n) is 14.4. The highest BCUT2D eigenvalue weighted by molar-refractivity contribution is 6.33. The van der Waals surface area contributed by atoms with Crippen LogP contribution in [0, 0.1) is 10.8 Å². The van der Waals surface area contributed by atoms with Crippen LogP contribution in [-0.4, -0.2) is 155 Å². The summed E-state index contributed by atoms with van der Waals surface area (Å²) in [7, 11) is 1.63. The first-order chi connectivity index (χ1) is 27.3. The summed E-state index contributed by atoms with van der Waals surface area (Å²) in [6.07, 6.45) is 0.120. The molecule has 1 aromatic rings. The van der Waals surface area contributed by atoms with E-state index in [0.717, 1.165) is 5.56 Å². The standard InChI is InChI=1S/C41H69ClO15/c1-7-56-37(45)39(2,3)31-35(34-11-9-8-10-12-34)32-40(4,36(43)44)33-41(5,42)38(46)57-30-29-55-28-27-54-26-25-53-24-23-52-22-21-51-20-19-50-18-17-49-16-15-48-14-13-47-6/h8-12,35H,7,13-33H2,1-6H3,(H,43,44)/p-1. The predicted octanol–water partition coefficient (Wildman–Crippen LogP) is 3.61. The van der Waals surface area contributed by atoms with Crippen LogP contribution in [0.5, 0.6) is 0 Å². The number of carbonyl (C=O) groups is 3. The van der Waals surface area contributed by atoms with E-state index in [1.165, 1.54) is 13.8 Å². The zero-order valence-corrected chi connectivity index (χ0v) is 35.8. The molecule has 16 heteroatoms. The second-order valence-corrected chi connectivity index (χ2v) is 15.2. The number of benzene rings is 1. The van der Waals surface area contributed by atoms with E-state index in [-0.39, 0.29) is 51.2 Å². The Hall–Kier alpha value is -2.44. The molecule has 1 rings (SSSR count). The Morgan fingerprint density at radius 3 is 1.33 bits per heavy atom. The molecule has 1 aromatic carbocycles. The third-order valence-electron chi connectivity index (χ3n) is 8.69. The van der Waals surface area contributed by atoms with Crippen molar-refractivity contribution in [1.29, 1.82) is 0 Å². The minimum atomic E-state index is -1.67. The number of carboxylic acids is 1. The van der Waals surface area contributed by atoms with Crippen LogP contribution in [0.3, 0.4) is 0 Å². The first-order valence-corrected chi connectivity index (χ1v) is 20.1. The molecule has 15 nitrogen and oxygen atoms in total. The van der Waals surface area contributed by atoms with Gasteiger partial charge in [-0.2, -0.15) is 0 Å². The van der Waals surface area contributed by atoms with Crippen LogP contribution in [-0.2, 0) is 66.5 Å². The van der Waals surface area contributed by atoms with Gasteiger partial charge in [-0.1, -0.05) is 37.3 Å². The largest absolute Gasteiger partial charge is 0.550 e. The maximum absolute atomic E-state index is 13.0. The van der Waals surface area contributed by atoms with Crippen LogP contribution in [0.2, 0.25) is 0 Å². The fourth-order valence-electron chi connectivity index (χ4n) is 5.76. The van der Waals surface area contributed by atoms with Crippen LogP contribution in [0.4, 0.5) is 0 Å². The lowest BCUT2D eigenvalue weighted by Gasteiger charge is -2.40. The predicted molar refractivity (Wildman–Crippen MR) is 210 cm³/mol. The van der Waals surface area contributed by atoms with Gasteiger partial charge in [0.25, 0.3) is 0 Å². The van der Waals surface area contributed by atoms with Crippen LogP contribution in [0.1, 0.15) is 65.4 Å². The Morgan fingerprint density at radius 2 is 0.965 bits per heavy atom. The van der Waals surface area contributed by atoms with Crippen LogP contribution in [0.15, 0.2) is 30.3 Å². The molecular weight excluding hydrogens is 768 g/mol. The van der Waals surface area contributed by atoms with Crippen molar-refractivity contribution in [3.05, 3.63) is 35.9 Å². The van der Waals surface area contributed by atoms with Gasteiger partial charge >= 0.3 is 11.9 Å². The van der Waals surface area contributed by atoms with Gasteiger partial charge in [-0.3, -0.25) is 9.59 Å². The number of aliphatic carboxylic acids is 1. The molecule has 3 unspecified atom stereocenters. The molecule has 0 spiro atoms. The molecule has 57 heavy (non-hydrogen) atoms. The fourth-order valence-corrected chi connectivity index (χ4v) is 6.11. The summed E-state index contributed by atoms with van der Waals surface area (Å²) >= 11 is 6.64. The quantitative estimate of drug-likeness (QED) is 0.0536. The number of methoxy groups -OCH3 is 1. The third-order valence-corrected chi connectivity index (χ3v) is 8.98. The van der Waals surface area contributed by atoms with Crippen LogP contribution in [0.25, 0.3) is 0 Å². The number of rotatable bonds is 38. The van der Waals surface area contributed by atoms with Crippen LogP contribution >= 0.6 is 11.6 Å². The van der Waals surface area contributed by atoms with Crippen LogP contribution < -0.4 is 5.11 Å². The third kappa shape index (κ3) is 24.9. The Bertz CT molecular complexity index is 1190. The molecule has 330 valence electrons. The Labute approximate surface area is 344 Å². The molecule has 0 aliphatic carbocycles. The van der Waals surface area contributed by atoms with E-state index < -0.39 is 27.6 Å². The number of hydrogen-bond donors (Lipinski definition) is 0. The summed E-state index contributed by atoms with van der Waals surface area (Å²) in [5.74, 6) is -2.87. The lowest BCUT2D eigenvalue weighted by molar-refractivity contribution is -0.319. The van der Waals surface area contributed by atoms with Crippen molar-refractivity contribution in [1.82, 2.24) is 0 Å². The first-order valence-electron chi connectivity index (χ1n) is 19.7. The van der Waals surface area contributed by atoms with Gasteiger partial charge in [0.1, 0.15) is 11.5 Å². The maximum Gasteiger partial charge on any atom is 0.327 e. The number of carboxylic acid groups (broad SMARTS) is 1. The molecule has 0 bridgehead atoms. The summed E-state index contributed by atoms with van der Waals surface area (Å²) < 4.78 is 59.1. The molecule has 0 fully saturated rings. The van der Waals surface area contributed by atoms with E-state index in [1.54, 1.807) is 27.9 Å². The molecule has 0 N–H and O–H groups in total. The van der Waals surface area contributed by atoms with Gasteiger partial charge in [0.15, 0.2) is 0 Å². The molecular formula is C41H68ClO15-. The molecule has 0 radical (unpaired) electrons. The van der Waals surface area contributed by atoms with E-state index in [4.69, 9.17) is 63.7 Å². The summed E-state index contributed by atoms with van der Waals surface area (Å²) in [4.78, 5) is 36.7. The van der Waals surface area contributed by atoms with Crippen molar-refractivity contribution in [2.24, 2.45) is 10.8 Å². The molecule has 0 heterocycles. The topological polar surface area (TPSA) is 176 Å². The minimum Gasteiger partial charge on any atom is -0.550 e. The van der Waals surface area contributed by atoms with E-state index in [0.29, 0.717) is 106 Å². The van der Waals surface area contributed by atoms with Crippen molar-refractivity contribution in [2.45, 2.75) is 64.7 Å². The summed E-state index contributed by atoms with van der Waals surface area (Å²) in [6.45, 7) is 15.8. The minimum absolute atomic E-state index is 0.0678. The molecule has 0 amide bonds. The number of esters is 2. The Morgan fingerprint density at radius 1 is 0.579 bits per heavy atom. The zero-order chi connectivity index (χ0) is 42.3. The SMILES string of the molecule is CCOC(=O)C(C)(C)CC(CC(C)(CC(C)(Cl)C(=O)OCCOCCOCCOCCOCCOCCOCCOCCOCCOC)C(=O)[O-])c1ccccc1. The smallest absolute Gasteiger partial charge is 0.327 e. The first kappa shape index (κ1) is 52.6. The van der Waals surface area contributed by atoms with E-state index >= 15 is 0 Å². The molecule has 0 saturated carbocycles. The van der Waals surface area contributed by atoms with E-state index in [1.807, 2.05) is 30.3 Å². The summed E-state index contributed by atoms with van der Waals surface area (Å²) in [5.41, 5.74) is -1.57. The van der Waals surface area contributed by atoms with Gasteiger partial charge in [0.05, 0.1) is 124 Å². The number of carbonyl (C=O) groups excluding carboxylic acids is 3. The average molecular weight is 836 g/mol. The molecule has 0 saturated heterocycles. The van der Waals surface area contributed by atoms with Gasteiger partial charge in [-0.25, -0.2) is 0 Å². The van der Waals surface area contributed by atoms with Crippen molar-refractivity contribution >= 4 is 29.5 Å². The van der Waals surface area contributed by atoms with Gasteiger partial charge in [0.2, 0.25) is 0 Å². The normalized spacial score (nSPS) is 14.4. The Kier molecular flexibility index (Phi) is 29.0. The highest BCUT2D eigenvalue weighted by atomic mass is 35.5. The lowest BCUT2D eigenvalue weighted by atomic mass is 9.69. The fraction of sp³-hybridized carbons (Fsp3) is 0.780. The Balaban J connectivity index is 2.19. The number of ether oxygens (including phenoxy) is 11. The van der Waals surface area contributed by atoms with Crippen molar-refractivity contribution < 1.29 is 71.6 Å². The van der Waals surface area contributed by atoms with Crippen molar-refractivity contribution in [3.63, 3.8) is 0 Å². The average Bonchev–Trinajstić information content (AvgIpc) is 3.17. The zero-order valence-electron chi connectivity index (χ0n) is 35.0. The number of hydrogen-bond acceptors (Lipinski definition) is 15. The molecule has 3 atom stereocenters. The monoisotopic (exact) mass is 835 g/mol.